The Bertz CT molecular complexity index is 687. The van der Waals surface area contributed by atoms with Gasteiger partial charge in [-0.3, -0.25) is 0 Å². The quantitative estimate of drug-likeness (QED) is 0.214. The number of halogens is 1. The number of benzene rings is 1. The van der Waals surface area contributed by atoms with Crippen LogP contribution in [0.4, 0.5) is 4.39 Å². The largest absolute Gasteiger partial charge is 0.347 e. The molecule has 0 radical (unpaired) electrons. The summed E-state index contributed by atoms with van der Waals surface area (Å²) >= 11 is 0. The summed E-state index contributed by atoms with van der Waals surface area (Å²) in [5.41, 5.74) is 2.56. The van der Waals surface area contributed by atoms with Crippen LogP contribution >= 0.6 is 0 Å². The first kappa shape index (κ1) is 25.0. The molecule has 0 fully saturated rings. The Balaban J connectivity index is 1.76. The van der Waals surface area contributed by atoms with E-state index < -0.39 is 0 Å². The third kappa shape index (κ3) is 9.23. The van der Waals surface area contributed by atoms with Gasteiger partial charge in [-0.25, -0.2) is 4.39 Å². The fraction of sp³-hybridized carbons (Fsp3) is 0.714. The van der Waals surface area contributed by atoms with Gasteiger partial charge in [-0.05, 0) is 43.0 Å². The lowest BCUT2D eigenvalue weighted by molar-refractivity contribution is 0.548. The summed E-state index contributed by atoms with van der Waals surface area (Å²) in [5.74, 6) is -0.107. The lowest BCUT2D eigenvalue weighted by Crippen LogP contribution is -1.96. The van der Waals surface area contributed by atoms with E-state index in [4.69, 9.17) is 0 Å². The van der Waals surface area contributed by atoms with Crippen molar-refractivity contribution in [2.24, 2.45) is 0 Å². The SMILES string of the molecule is CCCCCCCCCCc1cn(CCCCCCCCCC)c2ccc(F)cc12. The molecule has 1 heterocycles. The summed E-state index contributed by atoms with van der Waals surface area (Å²) in [7, 11) is 0. The van der Waals surface area contributed by atoms with E-state index in [0.29, 0.717) is 0 Å². The normalized spacial score (nSPS) is 11.6. The van der Waals surface area contributed by atoms with E-state index in [1.807, 2.05) is 6.07 Å². The van der Waals surface area contributed by atoms with Gasteiger partial charge in [0.2, 0.25) is 0 Å². The molecule has 0 saturated carbocycles. The van der Waals surface area contributed by atoms with Crippen molar-refractivity contribution in [3.05, 3.63) is 35.8 Å². The van der Waals surface area contributed by atoms with E-state index in [0.717, 1.165) is 18.4 Å². The van der Waals surface area contributed by atoms with Gasteiger partial charge in [-0.15, -0.1) is 0 Å². The summed E-state index contributed by atoms with van der Waals surface area (Å²) in [5, 5.41) is 1.14. The number of fused-ring (bicyclic) bond motifs is 1. The van der Waals surface area contributed by atoms with Gasteiger partial charge in [0.15, 0.2) is 0 Å². The fourth-order valence-electron chi connectivity index (χ4n) is 4.59. The van der Waals surface area contributed by atoms with Crippen LogP contribution < -0.4 is 0 Å². The monoisotopic (exact) mass is 415 g/mol. The van der Waals surface area contributed by atoms with Crippen molar-refractivity contribution in [3.8, 4) is 0 Å². The second-order valence-electron chi connectivity index (χ2n) is 9.21. The van der Waals surface area contributed by atoms with E-state index in [-0.39, 0.29) is 5.82 Å². The van der Waals surface area contributed by atoms with Crippen LogP contribution in [0.5, 0.6) is 0 Å². The molecule has 0 atom stereocenters. The second kappa shape index (κ2) is 15.5. The maximum atomic E-state index is 13.9. The molecule has 1 aromatic heterocycles. The molecule has 2 rings (SSSR count). The van der Waals surface area contributed by atoms with Crippen molar-refractivity contribution in [2.75, 3.05) is 0 Å². The summed E-state index contributed by atoms with van der Waals surface area (Å²) in [6.07, 6.45) is 24.9. The molecule has 1 aromatic carbocycles. The third-order valence-electron chi connectivity index (χ3n) is 6.48. The highest BCUT2D eigenvalue weighted by Crippen LogP contribution is 2.25. The van der Waals surface area contributed by atoms with E-state index in [9.17, 15) is 4.39 Å². The zero-order valence-electron chi connectivity index (χ0n) is 19.9. The van der Waals surface area contributed by atoms with E-state index in [1.54, 1.807) is 12.1 Å². The zero-order valence-corrected chi connectivity index (χ0v) is 19.9. The molecular weight excluding hydrogens is 369 g/mol. The standard InChI is InChI=1S/C28H46FN/c1-3-5-7-9-11-13-15-17-19-25-24-30(28-21-20-26(29)23-27(25)28)22-18-16-14-12-10-8-6-4-2/h20-21,23-24H,3-19,22H2,1-2H3. The summed E-state index contributed by atoms with van der Waals surface area (Å²) in [4.78, 5) is 0. The third-order valence-corrected chi connectivity index (χ3v) is 6.48. The van der Waals surface area contributed by atoms with Crippen LogP contribution in [0.25, 0.3) is 10.9 Å². The first-order valence-electron chi connectivity index (χ1n) is 13.0. The van der Waals surface area contributed by atoms with Gasteiger partial charge >= 0.3 is 0 Å². The molecule has 2 aromatic rings. The van der Waals surface area contributed by atoms with Gasteiger partial charge in [-0.1, -0.05) is 104 Å². The van der Waals surface area contributed by atoms with Crippen molar-refractivity contribution < 1.29 is 4.39 Å². The highest BCUT2D eigenvalue weighted by molar-refractivity contribution is 5.84. The lowest BCUT2D eigenvalue weighted by Gasteiger charge is -2.05. The number of hydrogen-bond acceptors (Lipinski definition) is 0. The molecule has 2 heteroatoms. The highest BCUT2D eigenvalue weighted by Gasteiger charge is 2.09. The number of aromatic nitrogens is 1. The van der Waals surface area contributed by atoms with Crippen molar-refractivity contribution >= 4 is 10.9 Å². The predicted octanol–water partition coefficient (Wildman–Crippen LogP) is 9.60. The molecule has 0 unspecified atom stereocenters. The van der Waals surface area contributed by atoms with Crippen LogP contribution in [0.3, 0.4) is 0 Å². The van der Waals surface area contributed by atoms with Crippen LogP contribution in [0, 0.1) is 5.82 Å². The van der Waals surface area contributed by atoms with E-state index in [1.165, 1.54) is 114 Å². The maximum absolute atomic E-state index is 13.9. The Morgan fingerprint density at radius 3 is 1.80 bits per heavy atom. The summed E-state index contributed by atoms with van der Waals surface area (Å²) < 4.78 is 16.3. The molecule has 0 N–H and O–H groups in total. The minimum absolute atomic E-state index is 0.107. The smallest absolute Gasteiger partial charge is 0.123 e. The first-order valence-corrected chi connectivity index (χ1v) is 13.0. The zero-order chi connectivity index (χ0) is 21.4. The number of rotatable bonds is 18. The van der Waals surface area contributed by atoms with Gasteiger partial charge in [0.25, 0.3) is 0 Å². The Kier molecular flexibility index (Phi) is 12.9. The van der Waals surface area contributed by atoms with Gasteiger partial charge in [0, 0.05) is 23.6 Å². The number of nitrogens with zero attached hydrogens (tertiary/aromatic N) is 1. The highest BCUT2D eigenvalue weighted by atomic mass is 19.1. The average Bonchev–Trinajstić information content (AvgIpc) is 3.08. The number of unbranched alkanes of at least 4 members (excludes halogenated alkanes) is 14. The topological polar surface area (TPSA) is 4.93 Å². The number of aryl methyl sites for hydroxylation is 2. The average molecular weight is 416 g/mol. The van der Waals surface area contributed by atoms with Gasteiger partial charge < -0.3 is 4.57 Å². The minimum atomic E-state index is -0.107. The summed E-state index contributed by atoms with van der Waals surface area (Å²) in [6.45, 7) is 5.61. The minimum Gasteiger partial charge on any atom is -0.347 e. The molecule has 170 valence electrons. The van der Waals surface area contributed by atoms with Crippen molar-refractivity contribution in [2.45, 2.75) is 130 Å². The molecule has 1 nitrogen and oxygen atoms in total. The van der Waals surface area contributed by atoms with Gasteiger partial charge in [0.1, 0.15) is 5.82 Å². The Hall–Kier alpha value is -1.31. The molecule has 0 bridgehead atoms. The molecule has 0 amide bonds. The van der Waals surface area contributed by atoms with Crippen LogP contribution in [-0.4, -0.2) is 4.57 Å². The predicted molar refractivity (Wildman–Crippen MR) is 131 cm³/mol. The summed E-state index contributed by atoms with van der Waals surface area (Å²) in [6, 6.07) is 5.35. The molecule has 0 saturated heterocycles. The molecule has 0 aliphatic rings. The first-order chi connectivity index (χ1) is 14.8. The van der Waals surface area contributed by atoms with Crippen LogP contribution in [0.1, 0.15) is 122 Å². The van der Waals surface area contributed by atoms with Crippen molar-refractivity contribution in [1.29, 1.82) is 0 Å². The van der Waals surface area contributed by atoms with Crippen LogP contribution in [-0.2, 0) is 13.0 Å². The maximum Gasteiger partial charge on any atom is 0.123 e. The Morgan fingerprint density at radius 1 is 0.667 bits per heavy atom. The van der Waals surface area contributed by atoms with Crippen molar-refractivity contribution in [1.82, 2.24) is 4.57 Å². The second-order valence-corrected chi connectivity index (χ2v) is 9.21. The van der Waals surface area contributed by atoms with E-state index in [2.05, 4.69) is 24.6 Å². The Morgan fingerprint density at radius 2 is 1.20 bits per heavy atom. The van der Waals surface area contributed by atoms with Crippen molar-refractivity contribution in [3.63, 3.8) is 0 Å². The van der Waals surface area contributed by atoms with Crippen LogP contribution in [0.2, 0.25) is 0 Å². The van der Waals surface area contributed by atoms with Crippen LogP contribution in [0.15, 0.2) is 24.4 Å². The Labute approximate surface area is 185 Å². The fourth-order valence-corrected chi connectivity index (χ4v) is 4.59. The molecular formula is C28H46FN. The number of hydrogen-bond donors (Lipinski definition) is 0. The molecule has 0 spiro atoms. The van der Waals surface area contributed by atoms with Gasteiger partial charge in [-0.2, -0.15) is 0 Å². The molecule has 0 aliphatic carbocycles. The van der Waals surface area contributed by atoms with E-state index >= 15 is 0 Å². The van der Waals surface area contributed by atoms with Gasteiger partial charge in [0.05, 0.1) is 0 Å². The molecule has 0 aliphatic heterocycles. The molecule has 30 heavy (non-hydrogen) atoms. The lowest BCUT2D eigenvalue weighted by atomic mass is 10.0.